The quantitative estimate of drug-likeness (QED) is 0.441. The fourth-order valence-corrected chi connectivity index (χ4v) is 2.58. The van der Waals surface area contributed by atoms with E-state index in [1.165, 1.54) is 0 Å². The summed E-state index contributed by atoms with van der Waals surface area (Å²) in [4.78, 5) is 0. The molecule has 120 valence electrons. The SMILES string of the molecule is Clc1ccc(OC=C(c2ccc(Cl)cc2)c2ccc(Cl)cc2)cc1. The lowest BCUT2D eigenvalue weighted by Crippen LogP contribution is -1.92. The maximum Gasteiger partial charge on any atom is 0.126 e. The van der Waals surface area contributed by atoms with E-state index in [-0.39, 0.29) is 0 Å². The van der Waals surface area contributed by atoms with E-state index in [0.29, 0.717) is 20.8 Å². The summed E-state index contributed by atoms with van der Waals surface area (Å²) < 4.78 is 5.81. The maximum atomic E-state index is 5.99. The normalized spacial score (nSPS) is 10.3. The first kappa shape index (κ1) is 16.9. The van der Waals surface area contributed by atoms with Gasteiger partial charge in [-0.25, -0.2) is 0 Å². The van der Waals surface area contributed by atoms with Gasteiger partial charge in [-0.15, -0.1) is 0 Å². The molecular formula is C20H13Cl3O. The van der Waals surface area contributed by atoms with Crippen LogP contribution in [0, 0.1) is 0 Å². The van der Waals surface area contributed by atoms with Gasteiger partial charge in [0.25, 0.3) is 0 Å². The second kappa shape index (κ2) is 7.76. The Hall–Kier alpha value is -1.93. The molecule has 0 bridgehead atoms. The van der Waals surface area contributed by atoms with E-state index in [2.05, 4.69) is 0 Å². The van der Waals surface area contributed by atoms with Gasteiger partial charge in [0.1, 0.15) is 5.75 Å². The minimum absolute atomic E-state index is 0.668. The largest absolute Gasteiger partial charge is 0.464 e. The Kier molecular flexibility index (Phi) is 5.47. The van der Waals surface area contributed by atoms with Gasteiger partial charge in [0.05, 0.1) is 6.26 Å². The Morgan fingerprint density at radius 2 is 0.958 bits per heavy atom. The van der Waals surface area contributed by atoms with Crippen molar-refractivity contribution in [3.63, 3.8) is 0 Å². The Morgan fingerprint density at radius 1 is 0.583 bits per heavy atom. The van der Waals surface area contributed by atoms with Crippen molar-refractivity contribution in [3.05, 3.63) is 105 Å². The average molecular weight is 376 g/mol. The average Bonchev–Trinajstić information content (AvgIpc) is 2.59. The van der Waals surface area contributed by atoms with Gasteiger partial charge >= 0.3 is 0 Å². The minimum Gasteiger partial charge on any atom is -0.464 e. The fourth-order valence-electron chi connectivity index (χ4n) is 2.20. The maximum absolute atomic E-state index is 5.99. The summed E-state index contributed by atoms with van der Waals surface area (Å²) in [6.45, 7) is 0. The lowest BCUT2D eigenvalue weighted by molar-refractivity contribution is 0.483. The van der Waals surface area contributed by atoms with Crippen LogP contribution in [-0.2, 0) is 0 Å². The summed E-state index contributed by atoms with van der Waals surface area (Å²) >= 11 is 17.9. The van der Waals surface area contributed by atoms with Gasteiger partial charge in [0, 0.05) is 20.6 Å². The Bertz CT molecular complexity index is 788. The molecule has 4 heteroatoms. The van der Waals surface area contributed by atoms with Crippen LogP contribution in [0.25, 0.3) is 5.57 Å². The number of ether oxygens (including phenoxy) is 1. The van der Waals surface area contributed by atoms with E-state index in [9.17, 15) is 0 Å². The molecule has 0 aliphatic rings. The van der Waals surface area contributed by atoms with Gasteiger partial charge in [-0.05, 0) is 59.7 Å². The standard InChI is InChI=1S/C20H13Cl3O/c21-16-5-1-14(2-6-16)20(15-3-7-17(22)8-4-15)13-24-19-11-9-18(23)10-12-19/h1-13H. The van der Waals surface area contributed by atoms with Gasteiger partial charge in [0.15, 0.2) is 0 Å². The third-order valence-electron chi connectivity index (χ3n) is 3.44. The van der Waals surface area contributed by atoms with Crippen LogP contribution in [0.5, 0.6) is 5.75 Å². The third kappa shape index (κ3) is 4.33. The molecule has 0 radical (unpaired) electrons. The highest BCUT2D eigenvalue weighted by atomic mass is 35.5. The van der Waals surface area contributed by atoms with Crippen molar-refractivity contribution < 1.29 is 4.74 Å². The molecule has 0 fully saturated rings. The van der Waals surface area contributed by atoms with Crippen molar-refractivity contribution in [2.45, 2.75) is 0 Å². The van der Waals surface area contributed by atoms with E-state index in [0.717, 1.165) is 16.7 Å². The zero-order chi connectivity index (χ0) is 16.9. The zero-order valence-electron chi connectivity index (χ0n) is 12.5. The number of benzene rings is 3. The van der Waals surface area contributed by atoms with E-state index in [1.54, 1.807) is 18.4 Å². The molecule has 0 saturated carbocycles. The van der Waals surface area contributed by atoms with Crippen LogP contribution < -0.4 is 4.74 Å². The first-order valence-electron chi connectivity index (χ1n) is 7.26. The van der Waals surface area contributed by atoms with Gasteiger partial charge in [-0.3, -0.25) is 0 Å². The molecule has 0 spiro atoms. The molecule has 0 atom stereocenters. The molecule has 0 aliphatic carbocycles. The van der Waals surface area contributed by atoms with Gasteiger partial charge in [0.2, 0.25) is 0 Å². The highest BCUT2D eigenvalue weighted by Gasteiger charge is 2.07. The van der Waals surface area contributed by atoms with E-state index in [1.807, 2.05) is 60.7 Å². The second-order valence-electron chi connectivity index (χ2n) is 5.12. The molecule has 0 unspecified atom stereocenters. The second-order valence-corrected chi connectivity index (χ2v) is 6.43. The summed E-state index contributed by atoms with van der Waals surface area (Å²) in [5, 5.41) is 2.04. The lowest BCUT2D eigenvalue weighted by atomic mass is 9.99. The lowest BCUT2D eigenvalue weighted by Gasteiger charge is -2.10. The first-order valence-corrected chi connectivity index (χ1v) is 8.39. The van der Waals surface area contributed by atoms with Crippen LogP contribution >= 0.6 is 34.8 Å². The molecule has 0 amide bonds. The molecule has 0 heterocycles. The van der Waals surface area contributed by atoms with E-state index in [4.69, 9.17) is 39.5 Å². The molecule has 0 N–H and O–H groups in total. The molecule has 0 aliphatic heterocycles. The van der Waals surface area contributed by atoms with Crippen molar-refractivity contribution in [1.82, 2.24) is 0 Å². The fraction of sp³-hybridized carbons (Fsp3) is 0. The van der Waals surface area contributed by atoms with Crippen molar-refractivity contribution in [2.24, 2.45) is 0 Å². The summed E-state index contributed by atoms with van der Waals surface area (Å²) in [5.41, 5.74) is 2.92. The zero-order valence-corrected chi connectivity index (χ0v) is 14.8. The highest BCUT2D eigenvalue weighted by Crippen LogP contribution is 2.27. The third-order valence-corrected chi connectivity index (χ3v) is 4.19. The van der Waals surface area contributed by atoms with Crippen molar-refractivity contribution >= 4 is 40.4 Å². The van der Waals surface area contributed by atoms with Crippen LogP contribution in [0.4, 0.5) is 0 Å². The summed E-state index contributed by atoms with van der Waals surface area (Å²) in [6, 6.07) is 22.4. The van der Waals surface area contributed by atoms with Gasteiger partial charge in [-0.2, -0.15) is 0 Å². The van der Waals surface area contributed by atoms with E-state index >= 15 is 0 Å². The summed E-state index contributed by atoms with van der Waals surface area (Å²) in [5.74, 6) is 0.708. The van der Waals surface area contributed by atoms with Gasteiger partial charge in [-0.1, -0.05) is 59.1 Å². The Labute approximate surface area is 156 Å². The van der Waals surface area contributed by atoms with Crippen LogP contribution in [-0.4, -0.2) is 0 Å². The molecular weight excluding hydrogens is 363 g/mol. The molecule has 0 saturated heterocycles. The van der Waals surface area contributed by atoms with E-state index < -0.39 is 0 Å². The smallest absolute Gasteiger partial charge is 0.126 e. The van der Waals surface area contributed by atoms with Crippen LogP contribution in [0.1, 0.15) is 11.1 Å². The van der Waals surface area contributed by atoms with Crippen LogP contribution in [0.15, 0.2) is 79.1 Å². The molecule has 1 nitrogen and oxygen atoms in total. The predicted molar refractivity (Wildman–Crippen MR) is 102 cm³/mol. The Morgan fingerprint density at radius 3 is 1.38 bits per heavy atom. The monoisotopic (exact) mass is 374 g/mol. The minimum atomic E-state index is 0.668. The summed E-state index contributed by atoms with van der Waals surface area (Å²) in [7, 11) is 0. The molecule has 0 aromatic heterocycles. The first-order chi connectivity index (χ1) is 11.6. The number of halogens is 3. The van der Waals surface area contributed by atoms with Crippen molar-refractivity contribution in [1.29, 1.82) is 0 Å². The highest BCUT2D eigenvalue weighted by molar-refractivity contribution is 6.31. The van der Waals surface area contributed by atoms with Crippen molar-refractivity contribution in [2.75, 3.05) is 0 Å². The van der Waals surface area contributed by atoms with Gasteiger partial charge < -0.3 is 4.74 Å². The topological polar surface area (TPSA) is 9.23 Å². The van der Waals surface area contributed by atoms with Crippen LogP contribution in [0.2, 0.25) is 15.1 Å². The molecule has 3 aromatic rings. The Balaban J connectivity index is 1.97. The molecule has 24 heavy (non-hydrogen) atoms. The summed E-state index contributed by atoms with van der Waals surface area (Å²) in [6.07, 6.45) is 1.72. The molecule has 3 aromatic carbocycles. The number of rotatable bonds is 4. The van der Waals surface area contributed by atoms with Crippen molar-refractivity contribution in [3.8, 4) is 5.75 Å². The number of hydrogen-bond acceptors (Lipinski definition) is 1. The predicted octanol–water partition coefficient (Wildman–Crippen LogP) is 7.12. The number of hydrogen-bond donors (Lipinski definition) is 0. The molecule has 3 rings (SSSR count). The van der Waals surface area contributed by atoms with Crippen LogP contribution in [0.3, 0.4) is 0 Å².